The molecular weight excluding hydrogens is 451 g/mol. The zero-order chi connectivity index (χ0) is 24.8. The second kappa shape index (κ2) is 8.68. The number of methoxy groups -OCH3 is 2. The molecule has 0 aliphatic heterocycles. The Balaban J connectivity index is 2.22. The number of ether oxygens (including phenoxy) is 2. The highest BCUT2D eigenvalue weighted by Crippen LogP contribution is 2.45. The van der Waals surface area contributed by atoms with Crippen LogP contribution in [0.2, 0.25) is 0 Å². The molecule has 0 aliphatic rings. The van der Waals surface area contributed by atoms with E-state index in [1.807, 2.05) is 0 Å². The third kappa shape index (κ3) is 3.77. The van der Waals surface area contributed by atoms with Gasteiger partial charge >= 0.3 is 5.97 Å². The molecular formula is C24H24F3N3O4. The van der Waals surface area contributed by atoms with E-state index >= 15 is 8.78 Å². The van der Waals surface area contributed by atoms with Crippen LogP contribution in [0, 0.1) is 11.6 Å². The van der Waals surface area contributed by atoms with E-state index in [4.69, 9.17) is 9.47 Å². The number of carboxylic acids is 1. The van der Waals surface area contributed by atoms with Gasteiger partial charge < -0.3 is 19.1 Å². The third-order valence-electron chi connectivity index (χ3n) is 5.85. The summed E-state index contributed by atoms with van der Waals surface area (Å²) in [5.41, 5.74) is 0.0522. The largest absolute Gasteiger partial charge is 0.494 e. The van der Waals surface area contributed by atoms with E-state index in [2.05, 4.69) is 10.2 Å². The number of aliphatic carboxylic acids is 1. The maximum Gasteiger partial charge on any atom is 0.306 e. The first-order chi connectivity index (χ1) is 16.1. The van der Waals surface area contributed by atoms with Gasteiger partial charge in [-0.05, 0) is 18.2 Å². The van der Waals surface area contributed by atoms with E-state index < -0.39 is 35.6 Å². The monoisotopic (exact) mass is 475 g/mol. The molecule has 0 aliphatic carbocycles. The molecule has 2 aromatic heterocycles. The van der Waals surface area contributed by atoms with Gasteiger partial charge in [0.05, 0.1) is 31.9 Å². The average Bonchev–Trinajstić information content (AvgIpc) is 3.37. The minimum Gasteiger partial charge on any atom is -0.494 e. The number of carboxylic acid groups (broad SMARTS) is 1. The number of halogens is 3. The van der Waals surface area contributed by atoms with Crippen LogP contribution in [0.15, 0.2) is 30.5 Å². The number of aromatic amines is 1. The van der Waals surface area contributed by atoms with Crippen molar-refractivity contribution in [3.63, 3.8) is 0 Å². The Morgan fingerprint density at radius 3 is 2.65 bits per heavy atom. The quantitative estimate of drug-likeness (QED) is 0.366. The van der Waals surface area contributed by atoms with Gasteiger partial charge in [-0.1, -0.05) is 13.8 Å². The van der Waals surface area contributed by atoms with Gasteiger partial charge in [-0.2, -0.15) is 5.10 Å². The Hall–Kier alpha value is -3.53. The molecule has 0 bridgehead atoms. The Morgan fingerprint density at radius 2 is 2.00 bits per heavy atom. The van der Waals surface area contributed by atoms with E-state index in [1.165, 1.54) is 38.6 Å². The van der Waals surface area contributed by atoms with Crippen molar-refractivity contribution in [3.8, 4) is 11.4 Å². The summed E-state index contributed by atoms with van der Waals surface area (Å²) in [6.45, 7) is 3.68. The van der Waals surface area contributed by atoms with Gasteiger partial charge in [0.1, 0.15) is 11.7 Å². The predicted octanol–water partition coefficient (Wildman–Crippen LogP) is 5.20. The van der Waals surface area contributed by atoms with Crippen molar-refractivity contribution in [3.05, 3.63) is 53.4 Å². The lowest BCUT2D eigenvalue weighted by atomic mass is 9.85. The van der Waals surface area contributed by atoms with E-state index in [0.717, 1.165) is 0 Å². The van der Waals surface area contributed by atoms with E-state index in [9.17, 15) is 14.3 Å². The normalized spacial score (nSPS) is 13.0. The van der Waals surface area contributed by atoms with Crippen molar-refractivity contribution in [2.75, 3.05) is 20.8 Å². The van der Waals surface area contributed by atoms with Gasteiger partial charge in [-0.15, -0.1) is 0 Å². The number of nitrogens with one attached hydrogen (secondary N) is 1. The van der Waals surface area contributed by atoms with Crippen molar-refractivity contribution < 1.29 is 32.5 Å². The molecule has 34 heavy (non-hydrogen) atoms. The van der Waals surface area contributed by atoms with Crippen LogP contribution in [0.1, 0.15) is 37.7 Å². The number of benzene rings is 2. The number of alkyl halides is 1. The molecule has 4 aromatic rings. The molecule has 0 radical (unpaired) electrons. The molecule has 2 aromatic carbocycles. The summed E-state index contributed by atoms with van der Waals surface area (Å²) >= 11 is 0. The van der Waals surface area contributed by atoms with Crippen LogP contribution in [0.5, 0.6) is 5.75 Å². The predicted molar refractivity (Wildman–Crippen MR) is 120 cm³/mol. The van der Waals surface area contributed by atoms with Crippen LogP contribution in [-0.4, -0.2) is 46.7 Å². The Bertz CT molecular complexity index is 1390. The van der Waals surface area contributed by atoms with Crippen molar-refractivity contribution >= 4 is 27.8 Å². The number of hydrogen-bond donors (Lipinski definition) is 2. The van der Waals surface area contributed by atoms with Crippen molar-refractivity contribution in [2.45, 2.75) is 31.9 Å². The summed E-state index contributed by atoms with van der Waals surface area (Å²) in [6, 6.07) is 5.72. The van der Waals surface area contributed by atoms with Crippen LogP contribution in [0.25, 0.3) is 27.5 Å². The van der Waals surface area contributed by atoms with Gasteiger partial charge in [0.15, 0.2) is 17.4 Å². The molecule has 0 spiro atoms. The zero-order valence-corrected chi connectivity index (χ0v) is 19.1. The molecule has 2 heterocycles. The SMILES string of the molecule is COCC(C)(C)c1c([C@@H](F)CC(=O)O)c2c(F)c3[nH]ncc3cc2n1-c1ccc(F)c(OC)c1. The topological polar surface area (TPSA) is 89.4 Å². The van der Waals surface area contributed by atoms with E-state index in [1.54, 1.807) is 24.5 Å². The van der Waals surface area contributed by atoms with Gasteiger partial charge in [0.25, 0.3) is 0 Å². The molecule has 10 heteroatoms. The number of nitrogens with zero attached hydrogens (tertiary/aromatic N) is 2. The lowest BCUT2D eigenvalue weighted by Gasteiger charge is -2.29. The molecule has 0 unspecified atom stereocenters. The Labute approximate surface area is 193 Å². The standard InChI is InChI=1S/C24H24F3N3O4/c1-24(2,11-33-3)23-19(15(26)9-18(31)32)20-16(7-12-10-28-29-22(12)21(20)27)30(23)13-5-6-14(25)17(8-13)34-4/h5-8,10,15H,9,11H2,1-4H3,(H,28,29)(H,31,32)/t15-/m0/s1. The maximum atomic E-state index is 15.8. The smallest absolute Gasteiger partial charge is 0.306 e. The van der Waals surface area contributed by atoms with Crippen LogP contribution in [0.4, 0.5) is 13.2 Å². The first kappa shape index (κ1) is 23.6. The average molecular weight is 475 g/mol. The summed E-state index contributed by atoms with van der Waals surface area (Å²) < 4.78 is 57.8. The van der Waals surface area contributed by atoms with Gasteiger partial charge in [0.2, 0.25) is 0 Å². The molecule has 1 atom stereocenters. The summed E-state index contributed by atoms with van der Waals surface area (Å²) in [4.78, 5) is 11.4. The lowest BCUT2D eigenvalue weighted by molar-refractivity contribution is -0.138. The number of hydrogen-bond acceptors (Lipinski definition) is 4. The van der Waals surface area contributed by atoms with Crippen LogP contribution < -0.4 is 4.74 Å². The number of rotatable bonds is 8. The minimum atomic E-state index is -2.02. The fraction of sp³-hybridized carbons (Fsp3) is 0.333. The lowest BCUT2D eigenvalue weighted by Crippen LogP contribution is -2.28. The minimum absolute atomic E-state index is 0.0522. The molecule has 180 valence electrons. The highest BCUT2D eigenvalue weighted by Gasteiger charge is 2.37. The Kier molecular flexibility index (Phi) is 6.03. The second-order valence-electron chi connectivity index (χ2n) is 8.72. The molecule has 0 saturated heterocycles. The highest BCUT2D eigenvalue weighted by atomic mass is 19.1. The summed E-state index contributed by atoms with van der Waals surface area (Å²) in [6.07, 6.45) is -1.45. The van der Waals surface area contributed by atoms with Crippen LogP contribution in [-0.2, 0) is 14.9 Å². The third-order valence-corrected chi connectivity index (χ3v) is 5.85. The van der Waals surface area contributed by atoms with Crippen LogP contribution in [0.3, 0.4) is 0 Å². The van der Waals surface area contributed by atoms with Crippen molar-refractivity contribution in [1.29, 1.82) is 0 Å². The number of fused-ring (bicyclic) bond motifs is 2. The molecule has 2 N–H and O–H groups in total. The number of H-pyrrole nitrogens is 1. The van der Waals surface area contributed by atoms with E-state index in [-0.39, 0.29) is 34.3 Å². The Morgan fingerprint density at radius 1 is 1.26 bits per heavy atom. The van der Waals surface area contributed by atoms with Crippen molar-refractivity contribution in [2.24, 2.45) is 0 Å². The fourth-order valence-corrected chi connectivity index (χ4v) is 4.54. The second-order valence-corrected chi connectivity index (χ2v) is 8.72. The summed E-state index contributed by atoms with van der Waals surface area (Å²) in [5.74, 6) is -2.77. The zero-order valence-electron chi connectivity index (χ0n) is 19.1. The summed E-state index contributed by atoms with van der Waals surface area (Å²) in [7, 11) is 2.80. The van der Waals surface area contributed by atoms with Gasteiger partial charge in [-0.3, -0.25) is 9.89 Å². The first-order valence-corrected chi connectivity index (χ1v) is 10.5. The number of carbonyl (C=O) groups is 1. The number of aromatic nitrogens is 3. The van der Waals surface area contributed by atoms with Gasteiger partial charge in [-0.25, -0.2) is 13.2 Å². The molecule has 7 nitrogen and oxygen atoms in total. The van der Waals surface area contributed by atoms with Crippen LogP contribution >= 0.6 is 0 Å². The van der Waals surface area contributed by atoms with Gasteiger partial charge in [0, 0.05) is 46.3 Å². The highest BCUT2D eigenvalue weighted by molar-refractivity contribution is 6.00. The molecule has 0 saturated carbocycles. The van der Waals surface area contributed by atoms with Crippen molar-refractivity contribution in [1.82, 2.24) is 14.8 Å². The molecule has 0 amide bonds. The fourth-order valence-electron chi connectivity index (χ4n) is 4.54. The summed E-state index contributed by atoms with van der Waals surface area (Å²) in [5, 5.41) is 16.1. The maximum absolute atomic E-state index is 15.8. The first-order valence-electron chi connectivity index (χ1n) is 10.5. The molecule has 0 fully saturated rings. The molecule has 4 rings (SSSR count). The van der Waals surface area contributed by atoms with E-state index in [0.29, 0.717) is 16.8 Å².